The Hall–Kier alpha value is -3.44. The monoisotopic (exact) mass is 564 g/mol. The Balaban J connectivity index is 1.33. The number of piperazine rings is 2. The first-order chi connectivity index (χ1) is 19.4. The first-order valence-electron chi connectivity index (χ1n) is 13.5. The van der Waals surface area contributed by atoms with Crippen LogP contribution in [0.25, 0.3) is 0 Å². The summed E-state index contributed by atoms with van der Waals surface area (Å²) < 4.78 is 39.4. The second kappa shape index (κ2) is 12.4. The summed E-state index contributed by atoms with van der Waals surface area (Å²) in [6.45, 7) is 3.36. The molecule has 0 saturated carbocycles. The van der Waals surface area contributed by atoms with Crippen molar-refractivity contribution in [3.8, 4) is 11.5 Å². The Morgan fingerprint density at radius 3 is 2.00 bits per heavy atom. The molecule has 40 heavy (non-hydrogen) atoms. The molecule has 2 fully saturated rings. The van der Waals surface area contributed by atoms with Crippen molar-refractivity contribution in [2.45, 2.75) is 17.0 Å². The van der Waals surface area contributed by atoms with Crippen molar-refractivity contribution in [3.63, 3.8) is 0 Å². The van der Waals surface area contributed by atoms with Crippen LogP contribution in [0.3, 0.4) is 0 Å². The van der Waals surface area contributed by atoms with E-state index < -0.39 is 16.1 Å². The van der Waals surface area contributed by atoms with Crippen molar-refractivity contribution in [2.75, 3.05) is 60.0 Å². The molecule has 2 heterocycles. The van der Waals surface area contributed by atoms with Crippen LogP contribution in [0.15, 0.2) is 83.8 Å². The molecule has 10 heteroatoms. The van der Waals surface area contributed by atoms with Gasteiger partial charge in [0.25, 0.3) is 0 Å². The average molecular weight is 565 g/mol. The van der Waals surface area contributed by atoms with Gasteiger partial charge in [-0.2, -0.15) is 4.31 Å². The number of methoxy groups -OCH3 is 2. The number of benzene rings is 3. The molecule has 1 N–H and O–H groups in total. The number of nitrogens with one attached hydrogen (secondary N) is 1. The molecule has 0 bridgehead atoms. The third kappa shape index (κ3) is 5.71. The van der Waals surface area contributed by atoms with Crippen LogP contribution >= 0.6 is 0 Å². The van der Waals surface area contributed by atoms with E-state index in [4.69, 9.17) is 9.47 Å². The van der Waals surface area contributed by atoms with E-state index in [0.717, 1.165) is 0 Å². The highest BCUT2D eigenvalue weighted by Crippen LogP contribution is 2.32. The highest BCUT2D eigenvalue weighted by Gasteiger charge is 2.41. The molecule has 1 unspecified atom stereocenters. The molecule has 212 valence electrons. The van der Waals surface area contributed by atoms with Gasteiger partial charge in [-0.05, 0) is 23.3 Å². The Morgan fingerprint density at radius 1 is 0.825 bits per heavy atom. The number of carbonyl (C=O) groups excluding carboxylic acids is 1. The summed E-state index contributed by atoms with van der Waals surface area (Å²) in [5.74, 6) is 0.590. The SMILES string of the molecule is COc1ccc(S(=O)(=O)N2CCNCC2C(=O)N2CCN(C(c3ccccc3)c3ccccc3)CC2)cc1OC. The van der Waals surface area contributed by atoms with E-state index >= 15 is 0 Å². The number of ether oxygens (including phenoxy) is 2. The first-order valence-corrected chi connectivity index (χ1v) is 15.0. The predicted octanol–water partition coefficient (Wildman–Crippen LogP) is 2.60. The van der Waals surface area contributed by atoms with E-state index in [2.05, 4.69) is 58.7 Å². The van der Waals surface area contributed by atoms with Crippen LogP contribution in [0.2, 0.25) is 0 Å². The quantitative estimate of drug-likeness (QED) is 0.450. The summed E-state index contributed by atoms with van der Waals surface area (Å²) in [5, 5.41) is 3.21. The van der Waals surface area contributed by atoms with Crippen LogP contribution in [0.5, 0.6) is 11.5 Å². The Bertz CT molecular complexity index is 1360. The summed E-state index contributed by atoms with van der Waals surface area (Å²) in [7, 11) is -0.987. The van der Waals surface area contributed by atoms with Crippen molar-refractivity contribution in [1.82, 2.24) is 19.4 Å². The lowest BCUT2D eigenvalue weighted by Crippen LogP contribution is -2.62. The van der Waals surface area contributed by atoms with Gasteiger partial charge in [-0.3, -0.25) is 9.69 Å². The van der Waals surface area contributed by atoms with Gasteiger partial charge in [-0.25, -0.2) is 8.42 Å². The zero-order valence-electron chi connectivity index (χ0n) is 22.9. The van der Waals surface area contributed by atoms with E-state index in [-0.39, 0.29) is 29.9 Å². The molecule has 0 radical (unpaired) electrons. The van der Waals surface area contributed by atoms with Gasteiger partial charge >= 0.3 is 0 Å². The minimum atomic E-state index is -3.95. The highest BCUT2D eigenvalue weighted by molar-refractivity contribution is 7.89. The van der Waals surface area contributed by atoms with E-state index in [1.54, 1.807) is 11.0 Å². The second-order valence-corrected chi connectivity index (χ2v) is 11.8. The fourth-order valence-corrected chi connectivity index (χ4v) is 7.19. The van der Waals surface area contributed by atoms with Crippen LogP contribution in [-0.2, 0) is 14.8 Å². The number of hydrogen-bond acceptors (Lipinski definition) is 7. The van der Waals surface area contributed by atoms with Gasteiger partial charge in [0.05, 0.1) is 25.2 Å². The minimum Gasteiger partial charge on any atom is -0.493 e. The van der Waals surface area contributed by atoms with Crippen molar-refractivity contribution in [2.24, 2.45) is 0 Å². The third-order valence-corrected chi connectivity index (χ3v) is 9.57. The zero-order chi connectivity index (χ0) is 28.1. The third-order valence-electron chi connectivity index (χ3n) is 7.66. The molecule has 0 aliphatic carbocycles. The Kier molecular flexibility index (Phi) is 8.70. The largest absolute Gasteiger partial charge is 0.493 e. The maximum atomic E-state index is 13.8. The van der Waals surface area contributed by atoms with E-state index in [1.807, 2.05) is 12.1 Å². The smallest absolute Gasteiger partial charge is 0.244 e. The fourth-order valence-electron chi connectivity index (χ4n) is 5.59. The standard InChI is InChI=1S/C30H36N4O5S/c1-38-27-14-13-25(21-28(27)39-2)40(36,37)34-16-15-31-22-26(34)30(35)33-19-17-32(18-20-33)29(23-9-5-3-6-10-23)24-11-7-4-8-12-24/h3-14,21,26,29,31H,15-20,22H2,1-2H3. The molecule has 3 aromatic rings. The second-order valence-electron chi connectivity index (χ2n) is 9.94. The molecule has 3 aromatic carbocycles. The van der Waals surface area contributed by atoms with Crippen LogP contribution in [0.1, 0.15) is 17.2 Å². The molecule has 2 saturated heterocycles. The summed E-state index contributed by atoms with van der Waals surface area (Å²) >= 11 is 0. The molecule has 5 rings (SSSR count). The van der Waals surface area contributed by atoms with Gasteiger partial charge < -0.3 is 19.7 Å². The van der Waals surface area contributed by atoms with E-state index in [9.17, 15) is 13.2 Å². The summed E-state index contributed by atoms with van der Waals surface area (Å²) in [6, 6.07) is 24.6. The van der Waals surface area contributed by atoms with Crippen LogP contribution < -0.4 is 14.8 Å². The van der Waals surface area contributed by atoms with Gasteiger partial charge in [0.2, 0.25) is 15.9 Å². The van der Waals surface area contributed by atoms with Gasteiger partial charge in [0.1, 0.15) is 6.04 Å². The van der Waals surface area contributed by atoms with Crippen molar-refractivity contribution in [3.05, 3.63) is 90.0 Å². The van der Waals surface area contributed by atoms with E-state index in [1.165, 1.54) is 41.8 Å². The van der Waals surface area contributed by atoms with Crippen LogP contribution in [-0.4, -0.2) is 94.5 Å². The van der Waals surface area contributed by atoms with Gasteiger partial charge in [-0.1, -0.05) is 60.7 Å². The van der Waals surface area contributed by atoms with Gasteiger partial charge in [0, 0.05) is 51.9 Å². The van der Waals surface area contributed by atoms with Crippen LogP contribution in [0, 0.1) is 0 Å². The summed E-state index contributed by atoms with van der Waals surface area (Å²) in [5.41, 5.74) is 2.41. The van der Waals surface area contributed by atoms with Crippen molar-refractivity contribution < 1.29 is 22.7 Å². The topological polar surface area (TPSA) is 91.4 Å². The Morgan fingerprint density at radius 2 is 1.43 bits per heavy atom. The van der Waals surface area contributed by atoms with Crippen molar-refractivity contribution >= 4 is 15.9 Å². The number of hydrogen-bond donors (Lipinski definition) is 1. The van der Waals surface area contributed by atoms with Gasteiger partial charge in [-0.15, -0.1) is 0 Å². The fraction of sp³-hybridized carbons (Fsp3) is 0.367. The number of nitrogens with zero attached hydrogens (tertiary/aromatic N) is 3. The summed E-state index contributed by atoms with van der Waals surface area (Å²) in [6.07, 6.45) is 0. The number of rotatable bonds is 8. The minimum absolute atomic E-state index is 0.0724. The Labute approximate surface area is 236 Å². The average Bonchev–Trinajstić information content (AvgIpc) is 3.02. The number of carbonyl (C=O) groups is 1. The highest BCUT2D eigenvalue weighted by atomic mass is 32.2. The molecule has 0 aromatic heterocycles. The number of amides is 1. The molecule has 1 atom stereocenters. The molecule has 2 aliphatic heterocycles. The molecule has 9 nitrogen and oxygen atoms in total. The lowest BCUT2D eigenvalue weighted by molar-refractivity contribution is -0.137. The maximum Gasteiger partial charge on any atom is 0.244 e. The molecular formula is C30H36N4O5S. The lowest BCUT2D eigenvalue weighted by Gasteiger charge is -2.42. The normalized spacial score (nSPS) is 19.0. The van der Waals surface area contributed by atoms with Crippen molar-refractivity contribution in [1.29, 1.82) is 0 Å². The molecule has 0 spiro atoms. The maximum absolute atomic E-state index is 13.8. The summed E-state index contributed by atoms with van der Waals surface area (Å²) in [4.78, 5) is 18.1. The lowest BCUT2D eigenvalue weighted by atomic mass is 9.96. The first kappa shape index (κ1) is 28.1. The van der Waals surface area contributed by atoms with E-state index in [0.29, 0.717) is 44.2 Å². The zero-order valence-corrected chi connectivity index (χ0v) is 23.7. The number of sulfonamides is 1. The molecule has 2 aliphatic rings. The molecular weight excluding hydrogens is 528 g/mol. The predicted molar refractivity (Wildman–Crippen MR) is 153 cm³/mol. The molecule has 1 amide bonds. The van der Waals surface area contributed by atoms with Gasteiger partial charge in [0.15, 0.2) is 11.5 Å². The van der Waals surface area contributed by atoms with Crippen LogP contribution in [0.4, 0.5) is 0 Å².